The molecule has 1 aliphatic heterocycles. The molecule has 0 bridgehead atoms. The van der Waals surface area contributed by atoms with Crippen molar-refractivity contribution in [3.05, 3.63) is 35.0 Å². The van der Waals surface area contributed by atoms with Crippen molar-refractivity contribution in [1.29, 1.82) is 0 Å². The van der Waals surface area contributed by atoms with Gasteiger partial charge < -0.3 is 14.7 Å². The molecule has 2 aromatic heterocycles. The Morgan fingerprint density at radius 2 is 2.24 bits per heavy atom. The summed E-state index contributed by atoms with van der Waals surface area (Å²) in [5, 5.41) is 11.3. The molecule has 1 saturated heterocycles. The van der Waals surface area contributed by atoms with E-state index in [1.54, 1.807) is 6.20 Å². The highest BCUT2D eigenvalue weighted by molar-refractivity contribution is 5.75. The predicted molar refractivity (Wildman–Crippen MR) is 94.3 cm³/mol. The summed E-state index contributed by atoms with van der Waals surface area (Å²) in [4.78, 5) is 14.7. The van der Waals surface area contributed by atoms with Gasteiger partial charge in [-0.15, -0.1) is 0 Å². The maximum Gasteiger partial charge on any atom is 0.317 e. The van der Waals surface area contributed by atoms with Gasteiger partial charge in [0.05, 0.1) is 17.4 Å². The van der Waals surface area contributed by atoms with E-state index in [-0.39, 0.29) is 18.0 Å². The number of aryl methyl sites for hydroxylation is 3. The quantitative estimate of drug-likeness (QED) is 0.924. The van der Waals surface area contributed by atoms with Gasteiger partial charge in [0.2, 0.25) is 0 Å². The van der Waals surface area contributed by atoms with E-state index in [0.29, 0.717) is 6.54 Å². The second-order valence-electron chi connectivity index (χ2n) is 6.91. The lowest BCUT2D eigenvalue weighted by Crippen LogP contribution is -2.46. The fourth-order valence-electron chi connectivity index (χ4n) is 3.83. The number of likely N-dealkylation sites (tertiary alicyclic amines) is 1. The molecule has 1 fully saturated rings. The van der Waals surface area contributed by atoms with E-state index in [4.69, 9.17) is 4.52 Å². The molecule has 3 heterocycles. The smallest absolute Gasteiger partial charge is 0.317 e. The molecule has 7 nitrogen and oxygen atoms in total. The summed E-state index contributed by atoms with van der Waals surface area (Å²) in [7, 11) is 1.93. The number of hydrogen-bond donors (Lipinski definition) is 1. The third kappa shape index (κ3) is 3.55. The number of nitrogens with one attached hydrogen (secondary N) is 1. The first-order valence-electron chi connectivity index (χ1n) is 8.94. The number of urea groups is 1. The number of piperidine rings is 1. The highest BCUT2D eigenvalue weighted by Gasteiger charge is 2.30. The Morgan fingerprint density at radius 3 is 2.88 bits per heavy atom. The standard InChI is InChI=1S/C18H27N5O2/c1-12(17-13(2)21-25-14(17)3)11-19-18(24)23-10-6-5-7-16(23)15-8-9-20-22(15)4/h8-9,12,16H,5-7,10-11H2,1-4H3,(H,19,24)/t12-,16+/m0/s1. The zero-order valence-electron chi connectivity index (χ0n) is 15.5. The van der Waals surface area contributed by atoms with E-state index in [1.807, 2.05) is 36.5 Å². The molecule has 25 heavy (non-hydrogen) atoms. The average Bonchev–Trinajstić information content (AvgIpc) is 3.17. The number of carbonyl (C=O) groups excluding carboxylic acids is 1. The molecule has 136 valence electrons. The number of aromatic nitrogens is 3. The highest BCUT2D eigenvalue weighted by atomic mass is 16.5. The molecule has 2 aromatic rings. The van der Waals surface area contributed by atoms with E-state index in [9.17, 15) is 4.79 Å². The normalized spacial score (nSPS) is 19.0. The van der Waals surface area contributed by atoms with Gasteiger partial charge in [0.25, 0.3) is 0 Å². The lowest BCUT2D eigenvalue weighted by Gasteiger charge is -2.36. The van der Waals surface area contributed by atoms with Gasteiger partial charge in [0.1, 0.15) is 5.76 Å². The van der Waals surface area contributed by atoms with Gasteiger partial charge in [-0.25, -0.2) is 4.79 Å². The van der Waals surface area contributed by atoms with Crippen molar-refractivity contribution in [2.75, 3.05) is 13.1 Å². The lowest BCUT2D eigenvalue weighted by molar-refractivity contribution is 0.147. The van der Waals surface area contributed by atoms with E-state index >= 15 is 0 Å². The van der Waals surface area contributed by atoms with Crippen molar-refractivity contribution >= 4 is 6.03 Å². The number of carbonyl (C=O) groups is 1. The molecule has 0 spiro atoms. The monoisotopic (exact) mass is 345 g/mol. The topological polar surface area (TPSA) is 76.2 Å². The second-order valence-corrected chi connectivity index (χ2v) is 6.91. The number of hydrogen-bond acceptors (Lipinski definition) is 4. The van der Waals surface area contributed by atoms with Crippen molar-refractivity contribution in [3.63, 3.8) is 0 Å². The van der Waals surface area contributed by atoms with Crippen LogP contribution < -0.4 is 5.32 Å². The fraction of sp³-hybridized carbons (Fsp3) is 0.611. The van der Waals surface area contributed by atoms with Crippen LogP contribution in [0.2, 0.25) is 0 Å². The summed E-state index contributed by atoms with van der Waals surface area (Å²) in [5.41, 5.74) is 3.07. The fourth-order valence-corrected chi connectivity index (χ4v) is 3.83. The number of amides is 2. The Labute approximate surface area is 148 Å². The zero-order valence-corrected chi connectivity index (χ0v) is 15.5. The number of nitrogens with zero attached hydrogens (tertiary/aromatic N) is 4. The average molecular weight is 345 g/mol. The maximum absolute atomic E-state index is 12.8. The van der Waals surface area contributed by atoms with Crippen molar-refractivity contribution in [2.45, 2.75) is 52.0 Å². The third-order valence-electron chi connectivity index (χ3n) is 5.10. The molecular weight excluding hydrogens is 318 g/mol. The van der Waals surface area contributed by atoms with Gasteiger partial charge >= 0.3 is 6.03 Å². The van der Waals surface area contributed by atoms with Gasteiger partial charge in [-0.2, -0.15) is 5.10 Å². The van der Waals surface area contributed by atoms with Crippen LogP contribution in [-0.4, -0.2) is 39.0 Å². The van der Waals surface area contributed by atoms with Crippen molar-refractivity contribution in [3.8, 4) is 0 Å². The summed E-state index contributed by atoms with van der Waals surface area (Å²) in [5.74, 6) is 0.986. The van der Waals surface area contributed by atoms with Crippen LogP contribution in [0, 0.1) is 13.8 Å². The molecule has 1 aliphatic rings. The molecule has 0 unspecified atom stereocenters. The summed E-state index contributed by atoms with van der Waals surface area (Å²) in [6.07, 6.45) is 4.95. The van der Waals surface area contributed by atoms with Crippen LogP contribution in [0.15, 0.2) is 16.8 Å². The Balaban J connectivity index is 1.66. The first-order valence-corrected chi connectivity index (χ1v) is 8.94. The molecular formula is C18H27N5O2. The van der Waals surface area contributed by atoms with Crippen LogP contribution in [0.25, 0.3) is 0 Å². The van der Waals surface area contributed by atoms with Crippen LogP contribution >= 0.6 is 0 Å². The van der Waals surface area contributed by atoms with Gasteiger partial charge in [-0.05, 0) is 39.2 Å². The first kappa shape index (κ1) is 17.5. The minimum Gasteiger partial charge on any atom is -0.361 e. The Morgan fingerprint density at radius 1 is 1.44 bits per heavy atom. The van der Waals surface area contributed by atoms with Crippen LogP contribution in [0.4, 0.5) is 4.79 Å². The van der Waals surface area contributed by atoms with Crippen LogP contribution in [0.3, 0.4) is 0 Å². The Bertz CT molecular complexity index is 716. The molecule has 3 rings (SSSR count). The molecule has 0 radical (unpaired) electrons. The van der Waals surface area contributed by atoms with E-state index in [1.165, 1.54) is 0 Å². The summed E-state index contributed by atoms with van der Waals surface area (Å²) < 4.78 is 7.10. The second kappa shape index (κ2) is 7.29. The summed E-state index contributed by atoms with van der Waals surface area (Å²) >= 11 is 0. The molecule has 7 heteroatoms. The van der Waals surface area contributed by atoms with Gasteiger partial charge in [0, 0.05) is 37.8 Å². The van der Waals surface area contributed by atoms with Crippen LogP contribution in [0.5, 0.6) is 0 Å². The van der Waals surface area contributed by atoms with Gasteiger partial charge in [-0.3, -0.25) is 4.68 Å². The SMILES string of the molecule is Cc1noc(C)c1[C@@H](C)CNC(=O)N1CCCC[C@@H]1c1ccnn1C. The number of rotatable bonds is 4. The predicted octanol–water partition coefficient (Wildman–Crippen LogP) is 3.07. The van der Waals surface area contributed by atoms with Gasteiger partial charge in [-0.1, -0.05) is 12.1 Å². The third-order valence-corrected chi connectivity index (χ3v) is 5.10. The molecule has 2 atom stereocenters. The van der Waals surface area contributed by atoms with Gasteiger partial charge in [0.15, 0.2) is 0 Å². The zero-order chi connectivity index (χ0) is 18.0. The minimum absolute atomic E-state index is 0.00971. The van der Waals surface area contributed by atoms with Crippen LogP contribution in [-0.2, 0) is 7.05 Å². The largest absolute Gasteiger partial charge is 0.361 e. The summed E-state index contributed by atoms with van der Waals surface area (Å²) in [6, 6.07) is 2.09. The van der Waals surface area contributed by atoms with Crippen molar-refractivity contribution in [1.82, 2.24) is 25.2 Å². The Hall–Kier alpha value is -2.31. The molecule has 2 amide bonds. The highest BCUT2D eigenvalue weighted by Crippen LogP contribution is 2.30. The van der Waals surface area contributed by atoms with E-state index in [2.05, 4.69) is 22.5 Å². The van der Waals surface area contributed by atoms with E-state index < -0.39 is 0 Å². The first-order chi connectivity index (χ1) is 12.0. The van der Waals surface area contributed by atoms with E-state index in [0.717, 1.165) is 48.5 Å². The molecule has 0 saturated carbocycles. The molecule has 1 N–H and O–H groups in total. The molecule has 0 aromatic carbocycles. The maximum atomic E-state index is 12.8. The van der Waals surface area contributed by atoms with Crippen molar-refractivity contribution in [2.24, 2.45) is 7.05 Å². The lowest BCUT2D eigenvalue weighted by atomic mass is 9.99. The van der Waals surface area contributed by atoms with Crippen LogP contribution in [0.1, 0.15) is 60.9 Å². The summed E-state index contributed by atoms with van der Waals surface area (Å²) in [6.45, 7) is 7.28. The minimum atomic E-state index is -0.00971. The Kier molecular flexibility index (Phi) is 5.11. The van der Waals surface area contributed by atoms with Crippen molar-refractivity contribution < 1.29 is 9.32 Å². The molecule has 0 aliphatic carbocycles.